The maximum Gasteiger partial charge on any atom is 0.248 e. The first-order chi connectivity index (χ1) is 15.7. The lowest BCUT2D eigenvalue weighted by atomic mass is 10.0. The first kappa shape index (κ1) is 24.8. The molecule has 3 aromatic rings. The van der Waals surface area contributed by atoms with Crippen LogP contribution in [0.25, 0.3) is 0 Å². The smallest absolute Gasteiger partial charge is 0.248 e. The molecule has 1 aliphatic rings. The fourth-order valence-corrected chi connectivity index (χ4v) is 4.21. The maximum atomic E-state index is 12.0. The Kier molecular flexibility index (Phi) is 9.37. The van der Waals surface area contributed by atoms with Gasteiger partial charge >= 0.3 is 0 Å². The molecule has 4 nitrogen and oxygen atoms in total. The van der Waals surface area contributed by atoms with Crippen molar-refractivity contribution in [2.75, 3.05) is 29.9 Å². The molecule has 0 unspecified atom stereocenters. The number of benzene rings is 3. The maximum absolute atomic E-state index is 12.0. The highest BCUT2D eigenvalue weighted by Crippen LogP contribution is 2.37. The summed E-state index contributed by atoms with van der Waals surface area (Å²) in [5, 5.41) is 7.01. The average Bonchev–Trinajstić information content (AvgIpc) is 2.96. The normalized spacial score (nSPS) is 12.5. The van der Waals surface area contributed by atoms with Crippen molar-refractivity contribution in [1.29, 1.82) is 0 Å². The van der Waals surface area contributed by atoms with Gasteiger partial charge in [0, 0.05) is 41.3 Å². The van der Waals surface area contributed by atoms with Crippen molar-refractivity contribution in [3.05, 3.63) is 101 Å². The van der Waals surface area contributed by atoms with Gasteiger partial charge in [0.25, 0.3) is 0 Å². The van der Waals surface area contributed by atoms with Crippen LogP contribution in [0, 0.1) is 0 Å². The van der Waals surface area contributed by atoms with Crippen LogP contribution in [0.15, 0.2) is 84.9 Å². The molecule has 4 rings (SSSR count). The van der Waals surface area contributed by atoms with Crippen LogP contribution in [0.5, 0.6) is 0 Å². The fraction of sp³-hybridized carbons (Fsp3) is 0.222. The van der Waals surface area contributed by atoms with Gasteiger partial charge < -0.3 is 15.5 Å². The van der Waals surface area contributed by atoms with Crippen LogP contribution >= 0.6 is 24.0 Å². The van der Waals surface area contributed by atoms with Gasteiger partial charge in [0.15, 0.2) is 0 Å². The molecular formula is C27H29Cl2N3O. The number of hydrogen-bond acceptors (Lipinski definition) is 3. The van der Waals surface area contributed by atoms with Gasteiger partial charge in [-0.3, -0.25) is 4.79 Å². The third kappa shape index (κ3) is 6.84. The second kappa shape index (κ2) is 12.4. The van der Waals surface area contributed by atoms with E-state index in [-0.39, 0.29) is 18.3 Å². The molecule has 0 fully saturated rings. The summed E-state index contributed by atoms with van der Waals surface area (Å²) in [6.45, 7) is 2.41. The minimum absolute atomic E-state index is 0. The van der Waals surface area contributed by atoms with Crippen molar-refractivity contribution in [3.8, 4) is 0 Å². The van der Waals surface area contributed by atoms with Gasteiger partial charge in [0.05, 0.1) is 0 Å². The van der Waals surface area contributed by atoms with E-state index in [1.165, 1.54) is 22.5 Å². The van der Waals surface area contributed by atoms with Crippen LogP contribution in [0.2, 0.25) is 5.02 Å². The van der Waals surface area contributed by atoms with Crippen molar-refractivity contribution < 1.29 is 4.79 Å². The summed E-state index contributed by atoms with van der Waals surface area (Å²) in [4.78, 5) is 14.4. The SMILES string of the molecule is Cl.O=C(/C=C/CNCCCN1c2ccccc2CCc2ccc(Cl)cc21)Nc1ccccc1. The van der Waals surface area contributed by atoms with E-state index >= 15 is 0 Å². The molecule has 1 aliphatic heterocycles. The van der Waals surface area contributed by atoms with E-state index in [2.05, 4.69) is 51.9 Å². The number of carbonyl (C=O) groups is 1. The Morgan fingerprint density at radius 2 is 1.67 bits per heavy atom. The molecule has 0 bridgehead atoms. The van der Waals surface area contributed by atoms with E-state index in [1.54, 1.807) is 6.08 Å². The highest BCUT2D eigenvalue weighted by molar-refractivity contribution is 6.30. The lowest BCUT2D eigenvalue weighted by Crippen LogP contribution is -2.24. The van der Waals surface area contributed by atoms with Crippen LogP contribution in [0.1, 0.15) is 17.5 Å². The minimum Gasteiger partial charge on any atom is -0.341 e. The second-order valence-corrected chi connectivity index (χ2v) is 8.31. The lowest BCUT2D eigenvalue weighted by Gasteiger charge is -2.27. The summed E-state index contributed by atoms with van der Waals surface area (Å²) in [6, 6.07) is 24.3. The van der Waals surface area contributed by atoms with Crippen LogP contribution in [-0.2, 0) is 17.6 Å². The molecule has 0 saturated carbocycles. The van der Waals surface area contributed by atoms with Gasteiger partial charge in [-0.1, -0.05) is 60.1 Å². The number of aryl methyl sites for hydroxylation is 2. The molecule has 0 aliphatic carbocycles. The molecule has 172 valence electrons. The van der Waals surface area contributed by atoms with Crippen molar-refractivity contribution in [3.63, 3.8) is 0 Å². The summed E-state index contributed by atoms with van der Waals surface area (Å²) in [7, 11) is 0. The topological polar surface area (TPSA) is 44.4 Å². The molecule has 0 spiro atoms. The molecule has 0 saturated heterocycles. The molecule has 0 radical (unpaired) electrons. The lowest BCUT2D eigenvalue weighted by molar-refractivity contribution is -0.111. The Morgan fingerprint density at radius 1 is 0.939 bits per heavy atom. The summed E-state index contributed by atoms with van der Waals surface area (Å²) in [5.74, 6) is -0.118. The Bertz CT molecular complexity index is 1090. The van der Waals surface area contributed by atoms with Crippen molar-refractivity contribution in [1.82, 2.24) is 5.32 Å². The standard InChI is InChI=1S/C27H28ClN3O.ClH/c28-23-16-15-22-14-13-21-8-4-5-11-25(21)31(26(22)20-23)19-7-18-29-17-6-12-27(32)30-24-9-2-1-3-10-24;/h1-6,8-12,15-16,20,29H,7,13-14,17-19H2,(H,30,32);1H/b12-6+;. The Hall–Kier alpha value is -2.79. The Morgan fingerprint density at radius 3 is 2.48 bits per heavy atom. The number of para-hydroxylation sites is 2. The summed E-state index contributed by atoms with van der Waals surface area (Å²) in [5.41, 5.74) is 5.99. The molecule has 3 aromatic carbocycles. The molecule has 2 N–H and O–H groups in total. The highest BCUT2D eigenvalue weighted by Gasteiger charge is 2.20. The number of fused-ring (bicyclic) bond motifs is 2. The third-order valence-electron chi connectivity index (χ3n) is 5.59. The molecule has 1 heterocycles. The van der Waals surface area contributed by atoms with Crippen LogP contribution in [0.4, 0.5) is 17.1 Å². The molecule has 33 heavy (non-hydrogen) atoms. The van der Waals surface area contributed by atoms with Crippen molar-refractivity contribution >= 4 is 47.0 Å². The second-order valence-electron chi connectivity index (χ2n) is 7.87. The van der Waals surface area contributed by atoms with Gasteiger partial charge in [-0.25, -0.2) is 0 Å². The first-order valence-corrected chi connectivity index (χ1v) is 11.5. The number of nitrogens with one attached hydrogen (secondary N) is 2. The largest absolute Gasteiger partial charge is 0.341 e. The number of amides is 1. The zero-order valence-electron chi connectivity index (χ0n) is 18.5. The molecular weight excluding hydrogens is 453 g/mol. The zero-order chi connectivity index (χ0) is 22.2. The highest BCUT2D eigenvalue weighted by atomic mass is 35.5. The van der Waals surface area contributed by atoms with E-state index in [1.807, 2.05) is 42.5 Å². The number of nitrogens with zero attached hydrogens (tertiary/aromatic N) is 1. The van der Waals surface area contributed by atoms with Crippen LogP contribution < -0.4 is 15.5 Å². The van der Waals surface area contributed by atoms with E-state index in [0.29, 0.717) is 6.54 Å². The Labute approximate surface area is 207 Å². The summed E-state index contributed by atoms with van der Waals surface area (Å²) < 4.78 is 0. The minimum atomic E-state index is -0.118. The van der Waals surface area contributed by atoms with E-state index in [4.69, 9.17) is 11.6 Å². The van der Waals surface area contributed by atoms with Crippen LogP contribution in [0.3, 0.4) is 0 Å². The monoisotopic (exact) mass is 481 g/mol. The molecule has 0 aromatic heterocycles. The predicted octanol–water partition coefficient (Wildman–Crippen LogP) is 6.17. The predicted molar refractivity (Wildman–Crippen MR) is 141 cm³/mol. The number of carbonyl (C=O) groups excluding carboxylic acids is 1. The third-order valence-corrected chi connectivity index (χ3v) is 5.83. The van der Waals surface area contributed by atoms with Crippen molar-refractivity contribution in [2.45, 2.75) is 19.3 Å². The molecule has 6 heteroatoms. The average molecular weight is 482 g/mol. The quantitative estimate of drug-likeness (QED) is 0.298. The van der Waals surface area contributed by atoms with Gasteiger partial charge in [-0.2, -0.15) is 0 Å². The molecule has 0 atom stereocenters. The number of halogens is 2. The summed E-state index contributed by atoms with van der Waals surface area (Å²) >= 11 is 6.34. The number of anilines is 3. The Balaban J connectivity index is 0.00000306. The zero-order valence-corrected chi connectivity index (χ0v) is 20.0. The first-order valence-electron chi connectivity index (χ1n) is 11.1. The number of hydrogen-bond donors (Lipinski definition) is 2. The van der Waals surface area contributed by atoms with Gasteiger partial charge in [0.1, 0.15) is 0 Å². The van der Waals surface area contributed by atoms with Crippen molar-refractivity contribution in [2.24, 2.45) is 0 Å². The van der Waals surface area contributed by atoms with Gasteiger partial charge in [-0.15, -0.1) is 12.4 Å². The molecule has 1 amide bonds. The van der Waals surface area contributed by atoms with E-state index in [9.17, 15) is 4.79 Å². The number of rotatable bonds is 8. The summed E-state index contributed by atoms with van der Waals surface area (Å²) in [6.07, 6.45) is 6.46. The van der Waals surface area contributed by atoms with Gasteiger partial charge in [0.2, 0.25) is 5.91 Å². The van der Waals surface area contributed by atoms with E-state index in [0.717, 1.165) is 43.1 Å². The van der Waals surface area contributed by atoms with Crippen LogP contribution in [-0.4, -0.2) is 25.5 Å². The fourth-order valence-electron chi connectivity index (χ4n) is 4.04. The van der Waals surface area contributed by atoms with E-state index < -0.39 is 0 Å². The van der Waals surface area contributed by atoms with Gasteiger partial charge in [-0.05, 0) is 67.3 Å².